The van der Waals surface area contributed by atoms with Gasteiger partial charge in [0.25, 0.3) is 0 Å². The van der Waals surface area contributed by atoms with Crippen LogP contribution in [0.15, 0.2) is 36.4 Å². The molecule has 0 unspecified atom stereocenters. The monoisotopic (exact) mass is 334 g/mol. The highest BCUT2D eigenvalue weighted by atomic mass is 35.5. The standard InChI is InChI=1S/C18H20ClFN2O/c1-12-10-21-8-7-15(12)17-3-2-4-18(22-17)23-11-13-5-6-14(19)9-16(13)20/h2-6,9,12,15,21H,7-8,10-11H2,1H3/t12-,15-/m0/s1. The molecule has 122 valence electrons. The molecule has 2 aromatic rings. The Kier molecular flexibility index (Phi) is 5.13. The lowest BCUT2D eigenvalue weighted by atomic mass is 9.85. The van der Waals surface area contributed by atoms with Gasteiger partial charge in [-0.2, -0.15) is 0 Å². The molecule has 3 rings (SSSR count). The van der Waals surface area contributed by atoms with Gasteiger partial charge in [-0.05, 0) is 43.6 Å². The Morgan fingerprint density at radius 1 is 1.35 bits per heavy atom. The van der Waals surface area contributed by atoms with Gasteiger partial charge in [0, 0.05) is 28.3 Å². The molecule has 3 nitrogen and oxygen atoms in total. The van der Waals surface area contributed by atoms with Crippen LogP contribution in [0.4, 0.5) is 4.39 Å². The lowest BCUT2D eigenvalue weighted by Crippen LogP contribution is -2.34. The van der Waals surface area contributed by atoms with Crippen molar-refractivity contribution in [1.82, 2.24) is 10.3 Å². The van der Waals surface area contributed by atoms with Gasteiger partial charge in [-0.15, -0.1) is 0 Å². The molecule has 1 aliphatic rings. The molecule has 0 aliphatic carbocycles. The van der Waals surface area contributed by atoms with E-state index in [0.29, 0.717) is 28.3 Å². The van der Waals surface area contributed by atoms with Crippen LogP contribution in [-0.2, 0) is 6.61 Å². The molecule has 5 heteroatoms. The summed E-state index contributed by atoms with van der Waals surface area (Å²) in [4.78, 5) is 4.61. The zero-order valence-electron chi connectivity index (χ0n) is 13.1. The maximum absolute atomic E-state index is 13.8. The first-order valence-electron chi connectivity index (χ1n) is 7.88. The summed E-state index contributed by atoms with van der Waals surface area (Å²) in [5.41, 5.74) is 1.52. The Hall–Kier alpha value is -1.65. The molecule has 1 aliphatic heterocycles. The Balaban J connectivity index is 1.70. The van der Waals surface area contributed by atoms with E-state index >= 15 is 0 Å². The smallest absolute Gasteiger partial charge is 0.213 e. The van der Waals surface area contributed by atoms with Crippen LogP contribution in [0.2, 0.25) is 5.02 Å². The van der Waals surface area contributed by atoms with Crippen LogP contribution in [-0.4, -0.2) is 18.1 Å². The van der Waals surface area contributed by atoms with E-state index in [9.17, 15) is 4.39 Å². The summed E-state index contributed by atoms with van der Waals surface area (Å²) < 4.78 is 19.5. The topological polar surface area (TPSA) is 34.1 Å². The molecule has 0 bridgehead atoms. The third kappa shape index (κ3) is 4.01. The van der Waals surface area contributed by atoms with Gasteiger partial charge in [0.1, 0.15) is 12.4 Å². The molecule has 0 saturated carbocycles. The van der Waals surface area contributed by atoms with Gasteiger partial charge in [-0.25, -0.2) is 9.37 Å². The Bertz CT molecular complexity index is 680. The number of hydrogen-bond acceptors (Lipinski definition) is 3. The highest BCUT2D eigenvalue weighted by Gasteiger charge is 2.24. The number of halogens is 2. The number of nitrogens with zero attached hydrogens (tertiary/aromatic N) is 1. The van der Waals surface area contributed by atoms with E-state index in [0.717, 1.165) is 25.2 Å². The van der Waals surface area contributed by atoms with E-state index in [2.05, 4.69) is 17.2 Å². The summed E-state index contributed by atoms with van der Waals surface area (Å²) in [6.07, 6.45) is 1.07. The molecular formula is C18H20ClFN2O. The summed E-state index contributed by atoms with van der Waals surface area (Å²) in [6.45, 7) is 4.39. The van der Waals surface area contributed by atoms with Crippen molar-refractivity contribution >= 4 is 11.6 Å². The summed E-state index contributed by atoms with van der Waals surface area (Å²) >= 11 is 5.76. The number of pyridine rings is 1. The van der Waals surface area contributed by atoms with Crippen LogP contribution in [0.25, 0.3) is 0 Å². The van der Waals surface area contributed by atoms with Crippen LogP contribution < -0.4 is 10.1 Å². The summed E-state index contributed by atoms with van der Waals surface area (Å²) in [5, 5.41) is 3.78. The van der Waals surface area contributed by atoms with Gasteiger partial charge in [-0.1, -0.05) is 30.7 Å². The van der Waals surface area contributed by atoms with Crippen LogP contribution in [0.3, 0.4) is 0 Å². The average Bonchev–Trinajstić information content (AvgIpc) is 2.55. The number of nitrogens with one attached hydrogen (secondary N) is 1. The molecule has 2 atom stereocenters. The minimum absolute atomic E-state index is 0.140. The fourth-order valence-electron chi connectivity index (χ4n) is 2.96. The van der Waals surface area contributed by atoms with Gasteiger partial charge in [0.2, 0.25) is 5.88 Å². The van der Waals surface area contributed by atoms with Crippen molar-refractivity contribution < 1.29 is 9.13 Å². The van der Waals surface area contributed by atoms with Crippen molar-refractivity contribution in [3.05, 3.63) is 58.5 Å². The van der Waals surface area contributed by atoms with E-state index in [-0.39, 0.29) is 12.4 Å². The third-order valence-electron chi connectivity index (χ3n) is 4.30. The van der Waals surface area contributed by atoms with E-state index in [4.69, 9.17) is 16.3 Å². The summed E-state index contributed by atoms with van der Waals surface area (Å²) in [6, 6.07) is 10.4. The van der Waals surface area contributed by atoms with Crippen molar-refractivity contribution in [3.63, 3.8) is 0 Å². The number of piperidine rings is 1. The first kappa shape index (κ1) is 16.2. The fourth-order valence-corrected chi connectivity index (χ4v) is 3.12. The lowest BCUT2D eigenvalue weighted by molar-refractivity contribution is 0.283. The molecule has 1 aromatic heterocycles. The van der Waals surface area contributed by atoms with Crippen LogP contribution in [0.5, 0.6) is 5.88 Å². The predicted octanol–water partition coefficient (Wildman–Crippen LogP) is 4.17. The molecule has 1 N–H and O–H groups in total. The van der Waals surface area contributed by atoms with E-state index in [1.165, 1.54) is 6.07 Å². The number of ether oxygens (including phenoxy) is 1. The quantitative estimate of drug-likeness (QED) is 0.911. The second-order valence-electron chi connectivity index (χ2n) is 6.00. The molecule has 0 amide bonds. The van der Waals surface area contributed by atoms with Crippen LogP contribution in [0, 0.1) is 11.7 Å². The Morgan fingerprint density at radius 3 is 3.00 bits per heavy atom. The van der Waals surface area contributed by atoms with Crippen LogP contribution in [0.1, 0.15) is 30.5 Å². The molecule has 23 heavy (non-hydrogen) atoms. The molecular weight excluding hydrogens is 315 g/mol. The highest BCUT2D eigenvalue weighted by molar-refractivity contribution is 6.30. The first-order chi connectivity index (χ1) is 11.1. The number of hydrogen-bond donors (Lipinski definition) is 1. The maximum atomic E-state index is 13.8. The molecule has 0 spiro atoms. The third-order valence-corrected chi connectivity index (χ3v) is 4.54. The van der Waals surface area contributed by atoms with E-state index in [1.807, 2.05) is 18.2 Å². The summed E-state index contributed by atoms with van der Waals surface area (Å²) in [5.74, 6) is 1.15. The second-order valence-corrected chi connectivity index (χ2v) is 6.44. The SMILES string of the molecule is C[C@H]1CNCC[C@@H]1c1cccc(OCc2ccc(Cl)cc2F)n1. The Labute approximate surface area is 140 Å². The number of benzene rings is 1. The molecule has 1 fully saturated rings. The summed E-state index contributed by atoms with van der Waals surface area (Å²) in [7, 11) is 0. The van der Waals surface area contributed by atoms with Crippen molar-refractivity contribution in [2.45, 2.75) is 25.9 Å². The van der Waals surface area contributed by atoms with Gasteiger partial charge < -0.3 is 10.1 Å². The minimum Gasteiger partial charge on any atom is -0.473 e. The van der Waals surface area contributed by atoms with Gasteiger partial charge in [0.05, 0.1) is 0 Å². The van der Waals surface area contributed by atoms with Gasteiger partial charge >= 0.3 is 0 Å². The lowest BCUT2D eigenvalue weighted by Gasteiger charge is -2.29. The van der Waals surface area contributed by atoms with Crippen molar-refractivity contribution in [2.24, 2.45) is 5.92 Å². The minimum atomic E-state index is -0.361. The largest absolute Gasteiger partial charge is 0.473 e. The molecule has 2 heterocycles. The average molecular weight is 335 g/mol. The molecule has 1 aromatic carbocycles. The zero-order chi connectivity index (χ0) is 16.2. The second kappa shape index (κ2) is 7.28. The van der Waals surface area contributed by atoms with E-state index in [1.54, 1.807) is 12.1 Å². The number of aromatic nitrogens is 1. The number of rotatable bonds is 4. The van der Waals surface area contributed by atoms with Gasteiger partial charge in [0.15, 0.2) is 0 Å². The molecule has 0 radical (unpaired) electrons. The first-order valence-corrected chi connectivity index (χ1v) is 8.25. The maximum Gasteiger partial charge on any atom is 0.213 e. The van der Waals surface area contributed by atoms with E-state index < -0.39 is 0 Å². The zero-order valence-corrected chi connectivity index (χ0v) is 13.8. The normalized spacial score (nSPS) is 21.2. The van der Waals surface area contributed by atoms with Crippen molar-refractivity contribution in [2.75, 3.05) is 13.1 Å². The van der Waals surface area contributed by atoms with Crippen LogP contribution >= 0.6 is 11.6 Å². The predicted molar refractivity (Wildman–Crippen MR) is 89.4 cm³/mol. The van der Waals surface area contributed by atoms with Gasteiger partial charge in [-0.3, -0.25) is 0 Å². The fraction of sp³-hybridized carbons (Fsp3) is 0.389. The van der Waals surface area contributed by atoms with Crippen molar-refractivity contribution in [1.29, 1.82) is 0 Å². The highest BCUT2D eigenvalue weighted by Crippen LogP contribution is 2.29. The Morgan fingerprint density at radius 2 is 2.22 bits per heavy atom. The van der Waals surface area contributed by atoms with Crippen molar-refractivity contribution in [3.8, 4) is 5.88 Å². The molecule has 1 saturated heterocycles.